The highest BCUT2D eigenvalue weighted by Crippen LogP contribution is 2.35. The number of rotatable bonds is 10. The number of piperidine rings is 2. The van der Waals surface area contributed by atoms with Crippen LogP contribution in [0.1, 0.15) is 74.0 Å². The topological polar surface area (TPSA) is 73.0 Å². The molecule has 1 N–H and O–H groups in total. The van der Waals surface area contributed by atoms with E-state index >= 15 is 0 Å². The van der Waals surface area contributed by atoms with Crippen LogP contribution in [0, 0.1) is 30.1 Å². The Bertz CT molecular complexity index is 1820. The monoisotopic (exact) mass is 677 g/mol. The van der Waals surface area contributed by atoms with Gasteiger partial charge in [0.1, 0.15) is 28.2 Å². The zero-order chi connectivity index (χ0) is 34.2. The molecule has 0 unspecified atom stereocenters. The standard InChI is InChI=1S/C37H46F3N7S/c1-6-34-43-35(32-18-30(19-37(38,39)40)48-36(32)44-34)42-28-11-13-45(14-12-28)22-27-7-8-33-31(25(27)5)17-29(20-41)47(33)21-24(4)26-9-15-46(16-10-26)23(2)3/h7-8,17-18,24,26,28H,2,6,9-16,19,21-22H2,1,3-5H3,(H,42,43,44)/t24-/m0/s1. The summed E-state index contributed by atoms with van der Waals surface area (Å²) < 4.78 is 41.5. The number of hydrogen-bond acceptors (Lipinski definition) is 7. The molecule has 1 atom stereocenters. The van der Waals surface area contributed by atoms with Crippen molar-refractivity contribution in [3.8, 4) is 6.07 Å². The van der Waals surface area contributed by atoms with Crippen LogP contribution in [0.25, 0.3) is 21.1 Å². The molecule has 0 radical (unpaired) electrons. The molecule has 256 valence electrons. The van der Waals surface area contributed by atoms with Gasteiger partial charge in [0.25, 0.3) is 0 Å². The van der Waals surface area contributed by atoms with Gasteiger partial charge in [0.05, 0.1) is 11.8 Å². The molecule has 2 aliphatic heterocycles. The van der Waals surface area contributed by atoms with Crippen LogP contribution in [0.4, 0.5) is 19.0 Å². The van der Waals surface area contributed by atoms with E-state index in [0.717, 1.165) is 98.6 Å². The molecule has 11 heteroatoms. The maximum atomic E-state index is 13.1. The SMILES string of the molecule is C=C(C)N1CCC([C@@H](C)Cn2c(C#N)cc3c(C)c(CN4CCC(Nc5nc(CC)nc6sc(CC(F)(F)F)cc56)CC4)ccc32)CC1. The summed E-state index contributed by atoms with van der Waals surface area (Å²) in [7, 11) is 0. The molecular formula is C37H46F3N7S. The molecule has 48 heavy (non-hydrogen) atoms. The number of nitrogens with one attached hydrogen (secondary N) is 1. The zero-order valence-corrected chi connectivity index (χ0v) is 29.3. The van der Waals surface area contributed by atoms with Crippen molar-refractivity contribution in [1.82, 2.24) is 24.3 Å². The van der Waals surface area contributed by atoms with Gasteiger partial charge in [-0.1, -0.05) is 26.5 Å². The van der Waals surface area contributed by atoms with Crippen LogP contribution in [0.3, 0.4) is 0 Å². The Hall–Kier alpha value is -3.62. The summed E-state index contributed by atoms with van der Waals surface area (Å²) in [5, 5.41) is 15.5. The highest BCUT2D eigenvalue weighted by molar-refractivity contribution is 7.18. The normalized spacial score (nSPS) is 17.7. The highest BCUT2D eigenvalue weighted by atomic mass is 32.1. The van der Waals surface area contributed by atoms with Crippen molar-refractivity contribution < 1.29 is 13.2 Å². The first kappa shape index (κ1) is 34.3. The zero-order valence-electron chi connectivity index (χ0n) is 28.5. The molecule has 3 aromatic heterocycles. The minimum Gasteiger partial charge on any atom is -0.376 e. The molecule has 0 aliphatic carbocycles. The second-order valence-corrected chi connectivity index (χ2v) is 14.9. The molecule has 2 saturated heterocycles. The van der Waals surface area contributed by atoms with Crippen molar-refractivity contribution in [2.75, 3.05) is 31.5 Å². The van der Waals surface area contributed by atoms with E-state index in [-0.39, 0.29) is 10.9 Å². The van der Waals surface area contributed by atoms with Crippen LogP contribution in [0.5, 0.6) is 0 Å². The molecule has 2 fully saturated rings. The molecule has 0 amide bonds. The number of hydrogen-bond donors (Lipinski definition) is 1. The van der Waals surface area contributed by atoms with E-state index in [1.54, 1.807) is 6.07 Å². The largest absolute Gasteiger partial charge is 0.393 e. The Labute approximate surface area is 285 Å². The van der Waals surface area contributed by atoms with Crippen LogP contribution >= 0.6 is 11.3 Å². The average molecular weight is 678 g/mol. The minimum absolute atomic E-state index is 0.181. The summed E-state index contributed by atoms with van der Waals surface area (Å²) in [6, 6.07) is 10.7. The van der Waals surface area contributed by atoms with E-state index in [4.69, 9.17) is 0 Å². The first-order valence-electron chi connectivity index (χ1n) is 17.2. The fraction of sp³-hybridized carbons (Fsp3) is 0.541. The number of nitrogens with zero attached hydrogens (tertiary/aromatic N) is 6. The van der Waals surface area contributed by atoms with Gasteiger partial charge in [0.2, 0.25) is 0 Å². The number of halogens is 3. The first-order valence-corrected chi connectivity index (χ1v) is 18.0. The number of aryl methyl sites for hydroxylation is 2. The molecule has 0 spiro atoms. The maximum Gasteiger partial charge on any atom is 0.393 e. The summed E-state index contributed by atoms with van der Waals surface area (Å²) in [5.74, 6) is 2.39. The molecule has 2 aliphatic rings. The van der Waals surface area contributed by atoms with E-state index < -0.39 is 12.6 Å². The smallest absolute Gasteiger partial charge is 0.376 e. The van der Waals surface area contributed by atoms with Gasteiger partial charge in [-0.3, -0.25) is 4.90 Å². The minimum atomic E-state index is -4.26. The summed E-state index contributed by atoms with van der Waals surface area (Å²) in [5.41, 5.74) is 5.51. The van der Waals surface area contributed by atoms with Crippen molar-refractivity contribution in [1.29, 1.82) is 5.26 Å². The van der Waals surface area contributed by atoms with Crippen molar-refractivity contribution >= 4 is 38.3 Å². The number of nitriles is 1. The Balaban J connectivity index is 1.10. The van der Waals surface area contributed by atoms with Crippen molar-refractivity contribution in [2.24, 2.45) is 11.8 Å². The van der Waals surface area contributed by atoms with E-state index in [1.165, 1.54) is 11.1 Å². The highest BCUT2D eigenvalue weighted by Gasteiger charge is 2.30. The number of thiophene rings is 1. The number of allylic oxidation sites excluding steroid dienone is 1. The fourth-order valence-corrected chi connectivity index (χ4v) is 8.58. The quantitative estimate of drug-likeness (QED) is 0.182. The Morgan fingerprint density at radius 3 is 2.48 bits per heavy atom. The van der Waals surface area contributed by atoms with Crippen LogP contribution in [0.2, 0.25) is 0 Å². The Morgan fingerprint density at radius 2 is 1.83 bits per heavy atom. The number of alkyl halides is 3. The third-order valence-corrected chi connectivity index (χ3v) is 11.5. The van der Waals surface area contributed by atoms with Crippen LogP contribution in [-0.4, -0.2) is 62.7 Å². The molecule has 1 aromatic carbocycles. The van der Waals surface area contributed by atoms with E-state index in [9.17, 15) is 18.4 Å². The third kappa shape index (κ3) is 7.50. The van der Waals surface area contributed by atoms with E-state index in [0.29, 0.717) is 40.1 Å². The first-order chi connectivity index (χ1) is 22.9. The number of likely N-dealkylation sites (tertiary alicyclic amines) is 2. The summed E-state index contributed by atoms with van der Waals surface area (Å²) in [4.78, 5) is 14.9. The maximum absolute atomic E-state index is 13.1. The van der Waals surface area contributed by atoms with Crippen LogP contribution < -0.4 is 5.32 Å². The molecular weight excluding hydrogens is 632 g/mol. The third-order valence-electron chi connectivity index (χ3n) is 10.4. The van der Waals surface area contributed by atoms with Gasteiger partial charge in [0, 0.05) is 73.2 Å². The predicted octanol–water partition coefficient (Wildman–Crippen LogP) is 8.45. The van der Waals surface area contributed by atoms with Gasteiger partial charge in [-0.25, -0.2) is 9.97 Å². The van der Waals surface area contributed by atoms with Gasteiger partial charge in [-0.2, -0.15) is 18.4 Å². The van der Waals surface area contributed by atoms with Gasteiger partial charge in [0.15, 0.2) is 0 Å². The molecule has 7 nitrogen and oxygen atoms in total. The average Bonchev–Trinajstić information content (AvgIpc) is 3.63. The fourth-order valence-electron chi connectivity index (χ4n) is 7.51. The van der Waals surface area contributed by atoms with Crippen molar-refractivity contribution in [3.05, 3.63) is 64.1 Å². The molecule has 5 heterocycles. The Morgan fingerprint density at radius 1 is 1.10 bits per heavy atom. The lowest BCUT2D eigenvalue weighted by atomic mass is 9.85. The molecule has 6 rings (SSSR count). The van der Waals surface area contributed by atoms with Crippen LogP contribution in [0.15, 0.2) is 36.5 Å². The summed E-state index contributed by atoms with van der Waals surface area (Å²) in [6.45, 7) is 18.3. The van der Waals surface area contributed by atoms with Gasteiger partial charge >= 0.3 is 6.18 Å². The second kappa shape index (κ2) is 14.1. The molecule has 0 bridgehead atoms. The number of anilines is 1. The lowest BCUT2D eigenvalue weighted by molar-refractivity contribution is -0.126. The van der Waals surface area contributed by atoms with E-state index in [2.05, 4.69) is 81.3 Å². The van der Waals surface area contributed by atoms with Crippen molar-refractivity contribution in [2.45, 2.75) is 91.5 Å². The molecule has 0 saturated carbocycles. The van der Waals surface area contributed by atoms with E-state index in [1.807, 2.05) is 6.92 Å². The lowest BCUT2D eigenvalue weighted by Crippen LogP contribution is -2.39. The Kier molecular flexibility index (Phi) is 10.0. The number of aromatic nitrogens is 3. The second-order valence-electron chi connectivity index (χ2n) is 13.8. The van der Waals surface area contributed by atoms with Gasteiger partial charge in [-0.05, 0) is 80.7 Å². The number of benzene rings is 1. The predicted molar refractivity (Wildman–Crippen MR) is 188 cm³/mol. The lowest BCUT2D eigenvalue weighted by Gasteiger charge is -2.36. The van der Waals surface area contributed by atoms with Crippen LogP contribution in [-0.2, 0) is 25.9 Å². The molecule has 4 aromatic rings. The number of fused-ring (bicyclic) bond motifs is 2. The van der Waals surface area contributed by atoms with Crippen molar-refractivity contribution in [3.63, 3.8) is 0 Å². The van der Waals surface area contributed by atoms with Gasteiger partial charge in [-0.15, -0.1) is 11.3 Å². The summed E-state index contributed by atoms with van der Waals surface area (Å²) >= 11 is 1.10. The summed E-state index contributed by atoms with van der Waals surface area (Å²) in [6.07, 6.45) is -0.454. The van der Waals surface area contributed by atoms with Gasteiger partial charge < -0.3 is 14.8 Å².